The van der Waals surface area contributed by atoms with Gasteiger partial charge in [-0.05, 0) is 25.0 Å². The molecule has 94 valence electrons. The Hall–Kier alpha value is -1.02. The Balaban J connectivity index is 2.61. The second-order valence-corrected chi connectivity index (χ2v) is 4.46. The maximum atomic E-state index is 11.9. The third-order valence-electron chi connectivity index (χ3n) is 2.70. The Morgan fingerprint density at radius 3 is 2.65 bits per heavy atom. The summed E-state index contributed by atoms with van der Waals surface area (Å²) in [6.07, 6.45) is 3.95. The number of rotatable bonds is 6. The zero-order valence-electron chi connectivity index (χ0n) is 10.4. The first-order valence-electron chi connectivity index (χ1n) is 6.14. The van der Waals surface area contributed by atoms with E-state index in [1.54, 1.807) is 24.3 Å². The smallest absolute Gasteiger partial charge is 0.339 e. The largest absolute Gasteiger partial charge is 0.459 e. The number of benzene rings is 1. The molecule has 1 atom stereocenters. The molecule has 1 aromatic rings. The molecule has 0 aliphatic rings. The highest BCUT2D eigenvalue weighted by molar-refractivity contribution is 6.33. The van der Waals surface area contributed by atoms with Crippen molar-refractivity contribution in [2.75, 3.05) is 0 Å². The lowest BCUT2D eigenvalue weighted by Crippen LogP contribution is -2.17. The first-order valence-corrected chi connectivity index (χ1v) is 6.52. The molecule has 0 amide bonds. The Morgan fingerprint density at radius 2 is 2.06 bits per heavy atom. The number of hydrogen-bond donors (Lipinski definition) is 0. The minimum atomic E-state index is -0.321. The van der Waals surface area contributed by atoms with Crippen molar-refractivity contribution in [1.82, 2.24) is 0 Å². The van der Waals surface area contributed by atoms with E-state index in [4.69, 9.17) is 16.3 Å². The lowest BCUT2D eigenvalue weighted by Gasteiger charge is -2.16. The topological polar surface area (TPSA) is 26.3 Å². The molecule has 17 heavy (non-hydrogen) atoms. The van der Waals surface area contributed by atoms with Crippen molar-refractivity contribution in [3.63, 3.8) is 0 Å². The third-order valence-corrected chi connectivity index (χ3v) is 3.03. The van der Waals surface area contributed by atoms with Gasteiger partial charge in [0.05, 0.1) is 10.6 Å². The monoisotopic (exact) mass is 254 g/mol. The van der Waals surface area contributed by atoms with Crippen LogP contribution in [0.2, 0.25) is 5.02 Å². The number of hydrogen-bond acceptors (Lipinski definition) is 2. The fraction of sp³-hybridized carbons (Fsp3) is 0.500. The Labute approximate surface area is 108 Å². The van der Waals surface area contributed by atoms with Gasteiger partial charge in [0.25, 0.3) is 0 Å². The molecule has 0 spiro atoms. The van der Waals surface area contributed by atoms with Gasteiger partial charge in [0.1, 0.15) is 6.10 Å². The standard InChI is InChI=1S/C14H19ClO2/c1-3-5-8-11(4-2)17-14(16)12-9-6-7-10-13(12)15/h6-7,9-11H,3-5,8H2,1-2H3/t11-/m1/s1. The van der Waals surface area contributed by atoms with Gasteiger partial charge in [-0.15, -0.1) is 0 Å². The van der Waals surface area contributed by atoms with Gasteiger partial charge in [0.2, 0.25) is 0 Å². The Bertz CT molecular complexity index is 363. The average Bonchev–Trinajstić information content (AvgIpc) is 2.34. The van der Waals surface area contributed by atoms with E-state index in [1.165, 1.54) is 0 Å². The molecule has 0 saturated carbocycles. The lowest BCUT2D eigenvalue weighted by atomic mass is 10.1. The van der Waals surface area contributed by atoms with Crippen LogP contribution in [0.1, 0.15) is 49.9 Å². The summed E-state index contributed by atoms with van der Waals surface area (Å²) in [5.74, 6) is -0.321. The molecule has 2 nitrogen and oxygen atoms in total. The predicted octanol–water partition coefficient (Wildman–Crippen LogP) is 4.47. The fourth-order valence-corrected chi connectivity index (χ4v) is 1.83. The van der Waals surface area contributed by atoms with E-state index < -0.39 is 0 Å². The molecule has 0 radical (unpaired) electrons. The highest BCUT2D eigenvalue weighted by Gasteiger charge is 2.16. The summed E-state index contributed by atoms with van der Waals surface area (Å²) < 4.78 is 5.45. The van der Waals surface area contributed by atoms with E-state index in [1.807, 2.05) is 6.92 Å². The average molecular weight is 255 g/mol. The van der Waals surface area contributed by atoms with Crippen LogP contribution in [-0.4, -0.2) is 12.1 Å². The third kappa shape index (κ3) is 4.39. The van der Waals surface area contributed by atoms with Crippen LogP contribution < -0.4 is 0 Å². The highest BCUT2D eigenvalue weighted by atomic mass is 35.5. The molecule has 0 fully saturated rings. The van der Waals surface area contributed by atoms with E-state index in [0.717, 1.165) is 25.7 Å². The van der Waals surface area contributed by atoms with Crippen molar-refractivity contribution in [2.45, 2.75) is 45.6 Å². The molecule has 3 heteroatoms. The first kappa shape index (κ1) is 14.0. The molecule has 0 aliphatic heterocycles. The fourth-order valence-electron chi connectivity index (χ4n) is 1.62. The quantitative estimate of drug-likeness (QED) is 0.701. The van der Waals surface area contributed by atoms with Crippen LogP contribution in [0.5, 0.6) is 0 Å². The van der Waals surface area contributed by atoms with Crippen molar-refractivity contribution in [2.24, 2.45) is 0 Å². The molecule has 0 bridgehead atoms. The highest BCUT2D eigenvalue weighted by Crippen LogP contribution is 2.18. The van der Waals surface area contributed by atoms with E-state index in [2.05, 4.69) is 6.92 Å². The molecular formula is C14H19ClO2. The predicted molar refractivity (Wildman–Crippen MR) is 70.5 cm³/mol. The second-order valence-electron chi connectivity index (χ2n) is 4.06. The number of esters is 1. The number of halogens is 1. The zero-order chi connectivity index (χ0) is 12.7. The summed E-state index contributed by atoms with van der Waals surface area (Å²) in [6.45, 7) is 4.16. The summed E-state index contributed by atoms with van der Waals surface area (Å²) in [4.78, 5) is 11.9. The van der Waals surface area contributed by atoms with Gasteiger partial charge in [-0.25, -0.2) is 4.79 Å². The van der Waals surface area contributed by atoms with Crippen molar-refractivity contribution in [1.29, 1.82) is 0 Å². The summed E-state index contributed by atoms with van der Waals surface area (Å²) in [5, 5.41) is 0.447. The molecule has 1 rings (SSSR count). The Kier molecular flexibility index (Phi) is 6.06. The normalized spacial score (nSPS) is 12.2. The second kappa shape index (κ2) is 7.33. The number of unbranched alkanes of at least 4 members (excludes halogenated alkanes) is 1. The minimum Gasteiger partial charge on any atom is -0.459 e. The van der Waals surface area contributed by atoms with Crippen molar-refractivity contribution in [3.8, 4) is 0 Å². The number of ether oxygens (including phenoxy) is 1. The zero-order valence-corrected chi connectivity index (χ0v) is 11.2. The number of carbonyl (C=O) groups is 1. The van der Waals surface area contributed by atoms with E-state index in [-0.39, 0.29) is 12.1 Å². The van der Waals surface area contributed by atoms with Crippen LogP contribution in [0, 0.1) is 0 Å². The van der Waals surface area contributed by atoms with Crippen LogP contribution in [0.4, 0.5) is 0 Å². The summed E-state index contributed by atoms with van der Waals surface area (Å²) >= 11 is 5.95. The van der Waals surface area contributed by atoms with Crippen LogP contribution in [0.15, 0.2) is 24.3 Å². The van der Waals surface area contributed by atoms with E-state index >= 15 is 0 Å². The molecule has 1 aromatic carbocycles. The summed E-state index contributed by atoms with van der Waals surface area (Å²) in [5.41, 5.74) is 0.448. The van der Waals surface area contributed by atoms with Gasteiger partial charge >= 0.3 is 5.97 Å². The van der Waals surface area contributed by atoms with Gasteiger partial charge in [-0.3, -0.25) is 0 Å². The van der Waals surface area contributed by atoms with Crippen molar-refractivity contribution >= 4 is 17.6 Å². The maximum absolute atomic E-state index is 11.9. The van der Waals surface area contributed by atoms with Crippen LogP contribution in [0.25, 0.3) is 0 Å². The molecule has 0 unspecified atom stereocenters. The van der Waals surface area contributed by atoms with Gasteiger partial charge in [0.15, 0.2) is 0 Å². The molecule has 0 heterocycles. The van der Waals surface area contributed by atoms with E-state index in [0.29, 0.717) is 10.6 Å². The minimum absolute atomic E-state index is 0.00118. The van der Waals surface area contributed by atoms with Crippen LogP contribution >= 0.6 is 11.6 Å². The van der Waals surface area contributed by atoms with Gasteiger partial charge < -0.3 is 4.74 Å². The van der Waals surface area contributed by atoms with Crippen molar-refractivity contribution < 1.29 is 9.53 Å². The first-order chi connectivity index (χ1) is 8.19. The van der Waals surface area contributed by atoms with Crippen molar-refractivity contribution in [3.05, 3.63) is 34.9 Å². The molecule has 0 aromatic heterocycles. The molecule has 0 N–H and O–H groups in total. The van der Waals surface area contributed by atoms with Crippen LogP contribution in [-0.2, 0) is 4.74 Å². The summed E-state index contributed by atoms with van der Waals surface area (Å²) in [7, 11) is 0. The maximum Gasteiger partial charge on any atom is 0.339 e. The lowest BCUT2D eigenvalue weighted by molar-refractivity contribution is 0.0268. The Morgan fingerprint density at radius 1 is 1.35 bits per heavy atom. The molecule has 0 saturated heterocycles. The van der Waals surface area contributed by atoms with Gasteiger partial charge in [0, 0.05) is 0 Å². The van der Waals surface area contributed by atoms with Gasteiger partial charge in [-0.1, -0.05) is 50.4 Å². The van der Waals surface area contributed by atoms with E-state index in [9.17, 15) is 4.79 Å². The van der Waals surface area contributed by atoms with Crippen LogP contribution in [0.3, 0.4) is 0 Å². The number of carbonyl (C=O) groups excluding carboxylic acids is 1. The van der Waals surface area contributed by atoms with Gasteiger partial charge in [-0.2, -0.15) is 0 Å². The summed E-state index contributed by atoms with van der Waals surface area (Å²) in [6, 6.07) is 6.98. The molecular weight excluding hydrogens is 236 g/mol. The molecule has 0 aliphatic carbocycles. The SMILES string of the molecule is CCCC[C@@H](CC)OC(=O)c1ccccc1Cl.